The van der Waals surface area contributed by atoms with E-state index in [2.05, 4.69) is 12.2 Å². The SMILES string of the molecule is CCC(C)NC(C)(C(N)=O)c1ccc(Cl)cc1. The Morgan fingerprint density at radius 3 is 2.41 bits per heavy atom. The summed E-state index contributed by atoms with van der Waals surface area (Å²) in [5.74, 6) is -0.389. The molecule has 0 aromatic heterocycles. The maximum Gasteiger partial charge on any atom is 0.242 e. The van der Waals surface area contributed by atoms with Crippen LogP contribution >= 0.6 is 11.6 Å². The monoisotopic (exact) mass is 254 g/mol. The Morgan fingerprint density at radius 2 is 2.00 bits per heavy atom. The van der Waals surface area contributed by atoms with Crippen LogP contribution in [0.1, 0.15) is 32.8 Å². The zero-order valence-electron chi connectivity index (χ0n) is 10.5. The molecule has 1 rings (SSSR count). The van der Waals surface area contributed by atoms with Gasteiger partial charge in [-0.15, -0.1) is 0 Å². The second-order valence-corrected chi connectivity index (χ2v) is 4.89. The van der Waals surface area contributed by atoms with Crippen molar-refractivity contribution < 1.29 is 4.79 Å². The summed E-state index contributed by atoms with van der Waals surface area (Å²) in [6.07, 6.45) is 0.927. The molecule has 94 valence electrons. The molecule has 1 aromatic rings. The van der Waals surface area contributed by atoms with E-state index in [4.69, 9.17) is 17.3 Å². The number of rotatable bonds is 5. The predicted octanol–water partition coefficient (Wildman–Crippen LogP) is 2.43. The van der Waals surface area contributed by atoms with Crippen molar-refractivity contribution in [3.8, 4) is 0 Å². The first kappa shape index (κ1) is 14.0. The van der Waals surface area contributed by atoms with Crippen LogP contribution in [0.4, 0.5) is 0 Å². The lowest BCUT2D eigenvalue weighted by Crippen LogP contribution is -2.53. The van der Waals surface area contributed by atoms with Crippen LogP contribution in [0.15, 0.2) is 24.3 Å². The summed E-state index contributed by atoms with van der Waals surface area (Å²) >= 11 is 5.84. The third-order valence-electron chi connectivity index (χ3n) is 3.06. The smallest absolute Gasteiger partial charge is 0.242 e. The van der Waals surface area contributed by atoms with E-state index < -0.39 is 5.54 Å². The van der Waals surface area contributed by atoms with Gasteiger partial charge in [0, 0.05) is 11.1 Å². The summed E-state index contributed by atoms with van der Waals surface area (Å²) in [6, 6.07) is 7.38. The van der Waals surface area contributed by atoms with Crippen molar-refractivity contribution in [3.63, 3.8) is 0 Å². The van der Waals surface area contributed by atoms with Crippen LogP contribution in [0, 0.1) is 0 Å². The van der Waals surface area contributed by atoms with Crippen molar-refractivity contribution in [1.29, 1.82) is 0 Å². The second-order valence-electron chi connectivity index (χ2n) is 4.45. The highest BCUT2D eigenvalue weighted by molar-refractivity contribution is 6.30. The highest BCUT2D eigenvalue weighted by Gasteiger charge is 2.33. The molecule has 0 saturated heterocycles. The van der Waals surface area contributed by atoms with E-state index in [1.807, 2.05) is 19.1 Å². The molecular weight excluding hydrogens is 236 g/mol. The van der Waals surface area contributed by atoms with E-state index in [0.29, 0.717) is 5.02 Å². The fourth-order valence-electron chi connectivity index (χ4n) is 1.67. The van der Waals surface area contributed by atoms with Crippen LogP contribution < -0.4 is 11.1 Å². The number of primary amides is 1. The fourth-order valence-corrected chi connectivity index (χ4v) is 1.80. The Kier molecular flexibility index (Phi) is 4.54. The van der Waals surface area contributed by atoms with Gasteiger partial charge in [0.15, 0.2) is 0 Å². The number of hydrogen-bond donors (Lipinski definition) is 2. The number of carbonyl (C=O) groups excluding carboxylic acids is 1. The van der Waals surface area contributed by atoms with Crippen molar-refractivity contribution in [1.82, 2.24) is 5.32 Å². The average molecular weight is 255 g/mol. The first-order valence-electron chi connectivity index (χ1n) is 5.73. The molecule has 0 aliphatic rings. The number of carbonyl (C=O) groups is 1. The zero-order chi connectivity index (χ0) is 13.1. The molecular formula is C13H19ClN2O. The Balaban J connectivity index is 3.07. The minimum atomic E-state index is -0.861. The molecule has 2 atom stereocenters. The molecule has 0 aliphatic carbocycles. The van der Waals surface area contributed by atoms with E-state index >= 15 is 0 Å². The third kappa shape index (κ3) is 3.20. The quantitative estimate of drug-likeness (QED) is 0.848. The molecule has 0 radical (unpaired) electrons. The van der Waals surface area contributed by atoms with Crippen LogP contribution in [0.5, 0.6) is 0 Å². The molecule has 17 heavy (non-hydrogen) atoms. The Morgan fingerprint density at radius 1 is 1.47 bits per heavy atom. The van der Waals surface area contributed by atoms with Crippen molar-refractivity contribution in [2.75, 3.05) is 0 Å². The van der Waals surface area contributed by atoms with Gasteiger partial charge in [-0.25, -0.2) is 0 Å². The van der Waals surface area contributed by atoms with E-state index in [0.717, 1.165) is 12.0 Å². The molecule has 1 amide bonds. The molecule has 1 aromatic carbocycles. The predicted molar refractivity (Wildman–Crippen MR) is 70.9 cm³/mol. The molecule has 0 bridgehead atoms. The molecule has 3 N–H and O–H groups in total. The lowest BCUT2D eigenvalue weighted by molar-refractivity contribution is -0.124. The molecule has 0 spiro atoms. The van der Waals surface area contributed by atoms with Gasteiger partial charge in [-0.1, -0.05) is 30.7 Å². The Labute approximate surface area is 107 Å². The van der Waals surface area contributed by atoms with Crippen LogP contribution in [-0.2, 0) is 10.3 Å². The van der Waals surface area contributed by atoms with E-state index in [9.17, 15) is 4.79 Å². The summed E-state index contributed by atoms with van der Waals surface area (Å²) in [6.45, 7) is 5.88. The first-order valence-corrected chi connectivity index (χ1v) is 6.11. The Hall–Kier alpha value is -1.06. The summed E-state index contributed by atoms with van der Waals surface area (Å²) in [5, 5.41) is 3.90. The number of hydrogen-bond acceptors (Lipinski definition) is 2. The number of halogens is 1. The summed E-state index contributed by atoms with van der Waals surface area (Å²) in [5.41, 5.74) is 5.48. The van der Waals surface area contributed by atoms with Crippen molar-refractivity contribution in [3.05, 3.63) is 34.9 Å². The van der Waals surface area contributed by atoms with E-state index in [1.54, 1.807) is 19.1 Å². The number of nitrogens with two attached hydrogens (primary N) is 1. The Bertz CT molecular complexity index is 391. The van der Waals surface area contributed by atoms with Gasteiger partial charge < -0.3 is 5.73 Å². The number of nitrogens with one attached hydrogen (secondary N) is 1. The molecule has 4 heteroatoms. The summed E-state index contributed by atoms with van der Waals surface area (Å²) < 4.78 is 0. The third-order valence-corrected chi connectivity index (χ3v) is 3.31. The number of benzene rings is 1. The van der Waals surface area contributed by atoms with Gasteiger partial charge in [0.25, 0.3) is 0 Å². The van der Waals surface area contributed by atoms with Gasteiger partial charge >= 0.3 is 0 Å². The molecule has 0 aliphatic heterocycles. The highest BCUT2D eigenvalue weighted by Crippen LogP contribution is 2.23. The van der Waals surface area contributed by atoms with Crippen LogP contribution in [0.2, 0.25) is 5.02 Å². The van der Waals surface area contributed by atoms with Crippen LogP contribution in [0.3, 0.4) is 0 Å². The van der Waals surface area contributed by atoms with Crippen molar-refractivity contribution in [2.45, 2.75) is 38.8 Å². The average Bonchev–Trinajstić information content (AvgIpc) is 2.29. The molecule has 0 heterocycles. The van der Waals surface area contributed by atoms with E-state index in [-0.39, 0.29) is 11.9 Å². The van der Waals surface area contributed by atoms with Crippen molar-refractivity contribution in [2.24, 2.45) is 5.73 Å². The topological polar surface area (TPSA) is 55.1 Å². The lowest BCUT2D eigenvalue weighted by atomic mass is 9.90. The maximum atomic E-state index is 11.7. The zero-order valence-corrected chi connectivity index (χ0v) is 11.2. The molecule has 0 saturated carbocycles. The maximum absolute atomic E-state index is 11.7. The largest absolute Gasteiger partial charge is 0.368 e. The molecule has 3 nitrogen and oxygen atoms in total. The highest BCUT2D eigenvalue weighted by atomic mass is 35.5. The van der Waals surface area contributed by atoms with Gasteiger partial charge in [0.2, 0.25) is 5.91 Å². The minimum Gasteiger partial charge on any atom is -0.368 e. The van der Waals surface area contributed by atoms with E-state index in [1.165, 1.54) is 0 Å². The summed E-state index contributed by atoms with van der Waals surface area (Å²) in [7, 11) is 0. The van der Waals surface area contributed by atoms with Gasteiger partial charge in [-0.05, 0) is 38.0 Å². The fraction of sp³-hybridized carbons (Fsp3) is 0.462. The normalized spacial score (nSPS) is 16.2. The van der Waals surface area contributed by atoms with Gasteiger partial charge in [0.05, 0.1) is 0 Å². The standard InChI is InChI=1S/C13H19ClN2O/c1-4-9(2)16-13(3,12(15)17)10-5-7-11(14)8-6-10/h5-9,16H,4H2,1-3H3,(H2,15,17). The van der Waals surface area contributed by atoms with Crippen LogP contribution in [-0.4, -0.2) is 11.9 Å². The molecule has 0 fully saturated rings. The van der Waals surface area contributed by atoms with Gasteiger partial charge in [0.1, 0.15) is 5.54 Å². The number of amides is 1. The van der Waals surface area contributed by atoms with Crippen molar-refractivity contribution >= 4 is 17.5 Å². The van der Waals surface area contributed by atoms with Gasteiger partial charge in [-0.3, -0.25) is 10.1 Å². The molecule has 2 unspecified atom stereocenters. The van der Waals surface area contributed by atoms with Crippen LogP contribution in [0.25, 0.3) is 0 Å². The lowest BCUT2D eigenvalue weighted by Gasteiger charge is -2.31. The second kappa shape index (κ2) is 5.52. The first-order chi connectivity index (χ1) is 7.90. The minimum absolute atomic E-state index is 0.211. The summed E-state index contributed by atoms with van der Waals surface area (Å²) in [4.78, 5) is 11.7. The van der Waals surface area contributed by atoms with Gasteiger partial charge in [-0.2, -0.15) is 0 Å².